The molecule has 0 atom stereocenters. The summed E-state index contributed by atoms with van der Waals surface area (Å²) in [5, 5.41) is 1.29. The fourth-order valence-electron chi connectivity index (χ4n) is 3.52. The number of amides is 2. The number of halogens is 1. The molecular weight excluding hydrogens is 378 g/mol. The SMILES string of the molecule is Cn1c(=O)c(C(=O)N2CCN(c3ccccc3Cl)C(=O)C2)cc2ccccc21. The molecule has 0 N–H and O–H groups in total. The lowest BCUT2D eigenvalue weighted by Gasteiger charge is -2.34. The summed E-state index contributed by atoms with van der Waals surface area (Å²) < 4.78 is 1.46. The number of piperazine rings is 1. The molecule has 1 aliphatic heterocycles. The molecule has 0 bridgehead atoms. The van der Waals surface area contributed by atoms with Gasteiger partial charge in [0.1, 0.15) is 12.1 Å². The zero-order valence-electron chi connectivity index (χ0n) is 15.3. The van der Waals surface area contributed by atoms with Crippen molar-refractivity contribution in [3.8, 4) is 0 Å². The van der Waals surface area contributed by atoms with E-state index in [1.165, 1.54) is 9.47 Å². The van der Waals surface area contributed by atoms with E-state index in [0.29, 0.717) is 23.8 Å². The number of aryl methyl sites for hydroxylation is 1. The highest BCUT2D eigenvalue weighted by atomic mass is 35.5. The Morgan fingerprint density at radius 1 is 1.00 bits per heavy atom. The zero-order chi connectivity index (χ0) is 19.8. The van der Waals surface area contributed by atoms with Crippen molar-refractivity contribution in [2.45, 2.75) is 0 Å². The average molecular weight is 396 g/mol. The highest BCUT2D eigenvalue weighted by Gasteiger charge is 2.30. The first-order chi connectivity index (χ1) is 13.5. The number of anilines is 1. The molecule has 2 aromatic carbocycles. The van der Waals surface area contributed by atoms with Gasteiger partial charge in [0.05, 0.1) is 16.2 Å². The van der Waals surface area contributed by atoms with Crippen LogP contribution in [0.5, 0.6) is 0 Å². The number of hydrogen-bond donors (Lipinski definition) is 0. The third kappa shape index (κ3) is 3.05. The Kier molecular flexibility index (Phi) is 4.65. The second-order valence-electron chi connectivity index (χ2n) is 6.70. The molecule has 0 spiro atoms. The molecule has 0 saturated carbocycles. The van der Waals surface area contributed by atoms with Crippen LogP contribution in [0.25, 0.3) is 10.9 Å². The van der Waals surface area contributed by atoms with Crippen molar-refractivity contribution >= 4 is 40.0 Å². The van der Waals surface area contributed by atoms with Gasteiger partial charge >= 0.3 is 0 Å². The van der Waals surface area contributed by atoms with Gasteiger partial charge < -0.3 is 14.4 Å². The summed E-state index contributed by atoms with van der Waals surface area (Å²) in [5.74, 6) is -0.663. The molecule has 0 unspecified atom stereocenters. The van der Waals surface area contributed by atoms with Crippen LogP contribution < -0.4 is 10.5 Å². The Bertz CT molecular complexity index is 1160. The van der Waals surface area contributed by atoms with Gasteiger partial charge in [-0.25, -0.2) is 0 Å². The number of carbonyl (C=O) groups is 2. The maximum absolute atomic E-state index is 13.0. The normalized spacial score (nSPS) is 14.6. The summed E-state index contributed by atoms with van der Waals surface area (Å²) in [5.41, 5.74) is 1.08. The molecule has 3 aromatic rings. The molecule has 1 saturated heterocycles. The van der Waals surface area contributed by atoms with Gasteiger partial charge in [-0.15, -0.1) is 0 Å². The molecular formula is C21H18ClN3O3. The molecule has 7 heteroatoms. The van der Waals surface area contributed by atoms with E-state index in [9.17, 15) is 14.4 Å². The first-order valence-corrected chi connectivity index (χ1v) is 9.28. The molecule has 1 fully saturated rings. The first kappa shape index (κ1) is 18.3. The fourth-order valence-corrected chi connectivity index (χ4v) is 3.76. The summed E-state index contributed by atoms with van der Waals surface area (Å²) in [7, 11) is 1.64. The van der Waals surface area contributed by atoms with E-state index in [1.54, 1.807) is 36.2 Å². The van der Waals surface area contributed by atoms with Crippen LogP contribution >= 0.6 is 11.6 Å². The van der Waals surface area contributed by atoms with E-state index in [1.807, 2.05) is 30.3 Å². The summed E-state index contributed by atoms with van der Waals surface area (Å²) in [4.78, 5) is 41.3. The molecule has 2 heterocycles. The molecule has 1 aliphatic rings. The number of pyridine rings is 1. The molecule has 28 heavy (non-hydrogen) atoms. The van der Waals surface area contributed by atoms with Crippen LogP contribution in [-0.2, 0) is 11.8 Å². The van der Waals surface area contributed by atoms with Gasteiger partial charge in [-0.2, -0.15) is 0 Å². The lowest BCUT2D eigenvalue weighted by atomic mass is 10.1. The molecule has 142 valence electrons. The number of benzene rings is 2. The maximum atomic E-state index is 13.0. The fraction of sp³-hybridized carbons (Fsp3) is 0.190. The Labute approximate surface area is 166 Å². The second kappa shape index (κ2) is 7.13. The lowest BCUT2D eigenvalue weighted by Crippen LogP contribution is -2.53. The number of nitrogens with zero attached hydrogens (tertiary/aromatic N) is 3. The summed E-state index contributed by atoms with van der Waals surface area (Å²) in [6.45, 7) is 0.550. The number of rotatable bonds is 2. The highest BCUT2D eigenvalue weighted by Crippen LogP contribution is 2.27. The van der Waals surface area contributed by atoms with Crippen LogP contribution in [0.1, 0.15) is 10.4 Å². The topological polar surface area (TPSA) is 62.6 Å². The van der Waals surface area contributed by atoms with E-state index in [-0.39, 0.29) is 23.6 Å². The summed E-state index contributed by atoms with van der Waals surface area (Å²) in [6.07, 6.45) is 0. The van der Waals surface area contributed by atoms with Crippen molar-refractivity contribution in [3.63, 3.8) is 0 Å². The van der Waals surface area contributed by atoms with Crippen LogP contribution in [0.4, 0.5) is 5.69 Å². The molecule has 0 radical (unpaired) electrons. The van der Waals surface area contributed by atoms with Crippen LogP contribution in [0.3, 0.4) is 0 Å². The zero-order valence-corrected chi connectivity index (χ0v) is 16.0. The van der Waals surface area contributed by atoms with Crippen molar-refractivity contribution < 1.29 is 9.59 Å². The second-order valence-corrected chi connectivity index (χ2v) is 7.11. The van der Waals surface area contributed by atoms with Crippen molar-refractivity contribution in [1.29, 1.82) is 0 Å². The standard InChI is InChI=1S/C21H18ClN3O3/c1-23-17-8-4-2-6-14(17)12-15(20(23)27)21(28)24-10-11-25(19(26)13-24)18-9-5-3-7-16(18)22/h2-9,12H,10-11,13H2,1H3. The van der Waals surface area contributed by atoms with Crippen molar-refractivity contribution in [2.75, 3.05) is 24.5 Å². The third-order valence-electron chi connectivity index (χ3n) is 5.01. The van der Waals surface area contributed by atoms with Gasteiger partial charge in [-0.3, -0.25) is 14.4 Å². The Balaban J connectivity index is 1.62. The molecule has 4 rings (SSSR count). The van der Waals surface area contributed by atoms with E-state index in [0.717, 1.165) is 10.9 Å². The van der Waals surface area contributed by atoms with E-state index >= 15 is 0 Å². The van der Waals surface area contributed by atoms with Crippen LogP contribution in [0.2, 0.25) is 5.02 Å². The molecule has 0 aliphatic carbocycles. The minimum Gasteiger partial charge on any atom is -0.327 e. The summed E-state index contributed by atoms with van der Waals surface area (Å²) >= 11 is 6.19. The van der Waals surface area contributed by atoms with Crippen molar-refractivity contribution in [1.82, 2.24) is 9.47 Å². The molecule has 1 aromatic heterocycles. The van der Waals surface area contributed by atoms with Gasteiger partial charge in [0, 0.05) is 20.1 Å². The third-order valence-corrected chi connectivity index (χ3v) is 5.33. The van der Waals surface area contributed by atoms with Gasteiger partial charge in [-0.05, 0) is 29.7 Å². The Hall–Kier alpha value is -3.12. The predicted octanol–water partition coefficient (Wildman–Crippen LogP) is 2.68. The minimum atomic E-state index is -0.432. The van der Waals surface area contributed by atoms with Crippen LogP contribution in [-0.4, -0.2) is 40.9 Å². The monoisotopic (exact) mass is 395 g/mol. The Morgan fingerprint density at radius 3 is 2.46 bits per heavy atom. The maximum Gasteiger partial charge on any atom is 0.263 e. The number of aromatic nitrogens is 1. The molecule has 6 nitrogen and oxygen atoms in total. The quantitative estimate of drug-likeness (QED) is 0.670. The van der Waals surface area contributed by atoms with Gasteiger partial charge in [0.15, 0.2) is 0 Å². The number of hydrogen-bond acceptors (Lipinski definition) is 3. The van der Waals surface area contributed by atoms with E-state index < -0.39 is 5.91 Å². The highest BCUT2D eigenvalue weighted by molar-refractivity contribution is 6.33. The number of fused-ring (bicyclic) bond motifs is 1. The van der Waals surface area contributed by atoms with E-state index in [2.05, 4.69) is 0 Å². The first-order valence-electron chi connectivity index (χ1n) is 8.90. The van der Waals surface area contributed by atoms with Gasteiger partial charge in [0.25, 0.3) is 11.5 Å². The number of para-hydroxylation sites is 2. The number of carbonyl (C=O) groups excluding carboxylic acids is 2. The van der Waals surface area contributed by atoms with Crippen molar-refractivity contribution in [2.24, 2.45) is 7.05 Å². The largest absolute Gasteiger partial charge is 0.327 e. The summed E-state index contributed by atoms with van der Waals surface area (Å²) in [6, 6.07) is 16.1. The predicted molar refractivity (Wildman–Crippen MR) is 109 cm³/mol. The Morgan fingerprint density at radius 2 is 1.71 bits per heavy atom. The average Bonchev–Trinajstić information content (AvgIpc) is 2.71. The lowest BCUT2D eigenvalue weighted by molar-refractivity contribution is -0.120. The van der Waals surface area contributed by atoms with Crippen LogP contribution in [0.15, 0.2) is 59.4 Å². The minimum absolute atomic E-state index is 0.0696. The molecule has 2 amide bonds. The van der Waals surface area contributed by atoms with Crippen molar-refractivity contribution in [3.05, 3.63) is 75.5 Å². The van der Waals surface area contributed by atoms with Gasteiger partial charge in [0.2, 0.25) is 5.91 Å². The van der Waals surface area contributed by atoms with Gasteiger partial charge in [-0.1, -0.05) is 41.9 Å². The smallest absolute Gasteiger partial charge is 0.263 e. The van der Waals surface area contributed by atoms with E-state index in [4.69, 9.17) is 11.6 Å². The van der Waals surface area contributed by atoms with Crippen LogP contribution in [0, 0.1) is 0 Å².